The van der Waals surface area contributed by atoms with Crippen molar-refractivity contribution in [2.75, 3.05) is 26.2 Å². The van der Waals surface area contributed by atoms with E-state index in [0.29, 0.717) is 0 Å². The molecule has 3 aliphatic rings. The maximum Gasteiger partial charge on any atom is 0.00964 e. The van der Waals surface area contributed by atoms with Crippen molar-refractivity contribution in [1.29, 1.82) is 0 Å². The van der Waals surface area contributed by atoms with Crippen LogP contribution in [0.1, 0.15) is 51.4 Å². The molecule has 0 unspecified atom stereocenters. The van der Waals surface area contributed by atoms with E-state index in [1.807, 2.05) is 0 Å². The fourth-order valence-electron chi connectivity index (χ4n) is 4.00. The molecule has 4 nitrogen and oxygen atoms in total. The molecule has 108 valence electrons. The predicted octanol–water partition coefficient (Wildman–Crippen LogP) is 0.840. The summed E-state index contributed by atoms with van der Waals surface area (Å²) in [6.07, 6.45) is 11.7. The molecule has 2 saturated heterocycles. The highest BCUT2D eigenvalue weighted by atomic mass is 16.0. The van der Waals surface area contributed by atoms with E-state index in [1.54, 1.807) is 0 Å². The summed E-state index contributed by atoms with van der Waals surface area (Å²) in [5.74, 6) is 0. The van der Waals surface area contributed by atoms with Crippen LogP contribution >= 0.6 is 0 Å². The topological polar surface area (TPSA) is 69.5 Å². The van der Waals surface area contributed by atoms with Gasteiger partial charge in [-0.1, -0.05) is 0 Å². The number of hydrogen-bond donors (Lipinski definition) is 0. The van der Waals surface area contributed by atoms with Crippen molar-refractivity contribution in [2.24, 2.45) is 0 Å². The molecule has 0 aromatic rings. The van der Waals surface area contributed by atoms with Crippen LogP contribution in [-0.2, 0) is 0 Å². The summed E-state index contributed by atoms with van der Waals surface area (Å²) in [7, 11) is 0. The highest BCUT2D eigenvalue weighted by Gasteiger charge is 2.30. The minimum atomic E-state index is 0. The van der Waals surface area contributed by atoms with E-state index >= 15 is 0 Å². The molecule has 0 bridgehead atoms. The maximum absolute atomic E-state index is 2.76. The number of likely N-dealkylation sites (tertiary alicyclic amines) is 2. The molecule has 4 N–H and O–H groups in total. The minimum Gasteiger partial charge on any atom is -0.412 e. The molecule has 2 aliphatic heterocycles. The molecule has 0 aromatic carbocycles. The first-order chi connectivity index (χ1) is 7.93. The van der Waals surface area contributed by atoms with Gasteiger partial charge in [0.1, 0.15) is 0 Å². The van der Waals surface area contributed by atoms with E-state index in [1.165, 1.54) is 77.5 Å². The molecule has 0 amide bonds. The Labute approximate surface area is 111 Å². The highest BCUT2D eigenvalue weighted by molar-refractivity contribution is 4.87. The molecule has 0 atom stereocenters. The zero-order valence-electron chi connectivity index (χ0n) is 11.5. The van der Waals surface area contributed by atoms with Crippen LogP contribution in [0.5, 0.6) is 0 Å². The SMILES string of the molecule is C1CCN(C2CCC(N3CCCC3)CC2)C1.O.O. The molecule has 1 aliphatic carbocycles. The standard InChI is InChI=1S/C14H26N2.2H2O/c1-2-10-15(9-1)13-5-7-14(8-6-13)16-11-3-4-12-16;;/h13-14H,1-12H2;2*1H2. The number of rotatable bonds is 2. The molecule has 3 fully saturated rings. The van der Waals surface area contributed by atoms with Gasteiger partial charge in [0.05, 0.1) is 0 Å². The summed E-state index contributed by atoms with van der Waals surface area (Å²) in [5, 5.41) is 0. The Bertz CT molecular complexity index is 194. The molecule has 3 rings (SSSR count). The van der Waals surface area contributed by atoms with Gasteiger partial charge in [-0.15, -0.1) is 0 Å². The van der Waals surface area contributed by atoms with Crippen LogP contribution in [-0.4, -0.2) is 59.0 Å². The fourth-order valence-corrected chi connectivity index (χ4v) is 4.00. The van der Waals surface area contributed by atoms with E-state index in [4.69, 9.17) is 0 Å². The van der Waals surface area contributed by atoms with Crippen molar-refractivity contribution >= 4 is 0 Å². The molecule has 0 spiro atoms. The first kappa shape index (κ1) is 15.9. The summed E-state index contributed by atoms with van der Waals surface area (Å²) >= 11 is 0. The van der Waals surface area contributed by atoms with Gasteiger partial charge >= 0.3 is 0 Å². The lowest BCUT2D eigenvalue weighted by Gasteiger charge is -2.38. The van der Waals surface area contributed by atoms with E-state index in [2.05, 4.69) is 9.80 Å². The maximum atomic E-state index is 2.76. The lowest BCUT2D eigenvalue weighted by molar-refractivity contribution is 0.123. The van der Waals surface area contributed by atoms with Crippen molar-refractivity contribution in [2.45, 2.75) is 63.5 Å². The highest BCUT2D eigenvalue weighted by Crippen LogP contribution is 2.30. The van der Waals surface area contributed by atoms with Crippen LogP contribution in [0, 0.1) is 0 Å². The average Bonchev–Trinajstić information content (AvgIpc) is 3.03. The van der Waals surface area contributed by atoms with E-state index in [9.17, 15) is 0 Å². The van der Waals surface area contributed by atoms with Gasteiger partial charge in [0.2, 0.25) is 0 Å². The minimum absolute atomic E-state index is 0. The summed E-state index contributed by atoms with van der Waals surface area (Å²) < 4.78 is 0. The summed E-state index contributed by atoms with van der Waals surface area (Å²) in [6.45, 7) is 5.55. The second-order valence-corrected chi connectivity index (χ2v) is 5.95. The summed E-state index contributed by atoms with van der Waals surface area (Å²) in [4.78, 5) is 5.53. The second-order valence-electron chi connectivity index (χ2n) is 5.95. The summed E-state index contributed by atoms with van der Waals surface area (Å²) in [5.41, 5.74) is 0. The first-order valence-corrected chi connectivity index (χ1v) is 7.41. The Morgan fingerprint density at radius 2 is 0.778 bits per heavy atom. The van der Waals surface area contributed by atoms with Gasteiger partial charge in [-0.25, -0.2) is 0 Å². The van der Waals surface area contributed by atoms with Crippen molar-refractivity contribution in [3.8, 4) is 0 Å². The Morgan fingerprint density at radius 3 is 1.06 bits per heavy atom. The van der Waals surface area contributed by atoms with Gasteiger partial charge < -0.3 is 20.8 Å². The molecule has 2 heterocycles. The van der Waals surface area contributed by atoms with Crippen molar-refractivity contribution in [3.63, 3.8) is 0 Å². The summed E-state index contributed by atoms with van der Waals surface area (Å²) in [6, 6.07) is 1.89. The van der Waals surface area contributed by atoms with E-state index < -0.39 is 0 Å². The number of hydrogen-bond acceptors (Lipinski definition) is 2. The predicted molar refractivity (Wildman–Crippen MR) is 74.9 cm³/mol. The normalized spacial score (nSPS) is 34.0. The Balaban J connectivity index is 0.000000810. The van der Waals surface area contributed by atoms with Crippen molar-refractivity contribution in [3.05, 3.63) is 0 Å². The Hall–Kier alpha value is -0.160. The zero-order valence-corrected chi connectivity index (χ0v) is 11.5. The van der Waals surface area contributed by atoms with Crippen LogP contribution in [0.2, 0.25) is 0 Å². The second kappa shape index (κ2) is 7.43. The monoisotopic (exact) mass is 258 g/mol. The van der Waals surface area contributed by atoms with Gasteiger partial charge in [-0.2, -0.15) is 0 Å². The van der Waals surface area contributed by atoms with Crippen LogP contribution < -0.4 is 0 Å². The molecule has 4 heteroatoms. The molecule has 0 radical (unpaired) electrons. The van der Waals surface area contributed by atoms with Gasteiger partial charge in [0.15, 0.2) is 0 Å². The van der Waals surface area contributed by atoms with Crippen molar-refractivity contribution in [1.82, 2.24) is 9.80 Å². The molecule has 18 heavy (non-hydrogen) atoms. The average molecular weight is 258 g/mol. The smallest absolute Gasteiger partial charge is 0.00964 e. The van der Waals surface area contributed by atoms with Crippen LogP contribution in [0.15, 0.2) is 0 Å². The van der Waals surface area contributed by atoms with Gasteiger partial charge in [-0.3, -0.25) is 0 Å². The lowest BCUT2D eigenvalue weighted by atomic mass is 9.89. The molecule has 0 aromatic heterocycles. The fraction of sp³-hybridized carbons (Fsp3) is 1.00. The van der Waals surface area contributed by atoms with Gasteiger partial charge in [-0.05, 0) is 77.5 Å². The van der Waals surface area contributed by atoms with Crippen LogP contribution in [0.4, 0.5) is 0 Å². The van der Waals surface area contributed by atoms with Gasteiger partial charge in [0, 0.05) is 12.1 Å². The Morgan fingerprint density at radius 1 is 0.500 bits per heavy atom. The Kier molecular flexibility index (Phi) is 6.57. The third-order valence-corrected chi connectivity index (χ3v) is 4.98. The first-order valence-electron chi connectivity index (χ1n) is 7.41. The van der Waals surface area contributed by atoms with Crippen LogP contribution in [0.3, 0.4) is 0 Å². The van der Waals surface area contributed by atoms with Gasteiger partial charge in [0.25, 0.3) is 0 Å². The largest absolute Gasteiger partial charge is 0.412 e. The zero-order chi connectivity index (χ0) is 10.8. The molecular formula is C14H30N2O2. The lowest BCUT2D eigenvalue weighted by Crippen LogP contribution is -2.42. The van der Waals surface area contributed by atoms with E-state index in [0.717, 1.165) is 12.1 Å². The van der Waals surface area contributed by atoms with E-state index in [-0.39, 0.29) is 11.0 Å². The van der Waals surface area contributed by atoms with Crippen LogP contribution in [0.25, 0.3) is 0 Å². The third kappa shape index (κ3) is 3.44. The number of nitrogens with zero attached hydrogens (tertiary/aromatic N) is 2. The quantitative estimate of drug-likeness (QED) is 0.736. The van der Waals surface area contributed by atoms with Crippen molar-refractivity contribution < 1.29 is 11.0 Å². The molecule has 1 saturated carbocycles. The third-order valence-electron chi connectivity index (χ3n) is 4.98. The molecular weight excluding hydrogens is 228 g/mol.